The third-order valence-electron chi connectivity index (χ3n) is 5.61. The van der Waals surface area contributed by atoms with Crippen LogP contribution < -0.4 is 19.5 Å². The fourth-order valence-electron chi connectivity index (χ4n) is 3.97. The zero-order valence-electron chi connectivity index (χ0n) is 16.2. The second kappa shape index (κ2) is 7.87. The van der Waals surface area contributed by atoms with Gasteiger partial charge in [0.1, 0.15) is 24.8 Å². The highest BCUT2D eigenvalue weighted by Crippen LogP contribution is 2.33. The number of nitrogens with zero attached hydrogens (tertiary/aromatic N) is 3. The average Bonchev–Trinajstić information content (AvgIpc) is 3.31. The Morgan fingerprint density at radius 3 is 3.03 bits per heavy atom. The number of amides is 1. The van der Waals surface area contributed by atoms with E-state index in [4.69, 9.17) is 19.2 Å². The largest absolute Gasteiger partial charge is 0.486 e. The normalized spacial score (nSPS) is 20.3. The first-order chi connectivity index (χ1) is 14.3. The highest BCUT2D eigenvalue weighted by Gasteiger charge is 2.25. The van der Waals surface area contributed by atoms with Crippen molar-refractivity contribution in [1.82, 2.24) is 20.2 Å². The summed E-state index contributed by atoms with van der Waals surface area (Å²) in [6, 6.07) is 5.36. The van der Waals surface area contributed by atoms with Crippen molar-refractivity contribution in [2.75, 3.05) is 39.5 Å². The molecule has 1 saturated heterocycles. The summed E-state index contributed by atoms with van der Waals surface area (Å²) in [6.45, 7) is 4.20. The molecular formula is C21H24N4O4. The number of hydrogen-bond donors (Lipinski definition) is 1. The van der Waals surface area contributed by atoms with Gasteiger partial charge in [0.15, 0.2) is 18.1 Å². The zero-order valence-corrected chi connectivity index (χ0v) is 16.2. The van der Waals surface area contributed by atoms with Gasteiger partial charge >= 0.3 is 0 Å². The number of hydrogen-bond acceptors (Lipinski definition) is 7. The van der Waals surface area contributed by atoms with Crippen LogP contribution in [0.2, 0.25) is 0 Å². The highest BCUT2D eigenvalue weighted by molar-refractivity contribution is 5.78. The van der Waals surface area contributed by atoms with Crippen molar-refractivity contribution in [2.24, 2.45) is 0 Å². The second-order valence-corrected chi connectivity index (χ2v) is 7.55. The second-order valence-electron chi connectivity index (χ2n) is 7.55. The molecule has 1 unspecified atom stereocenters. The Labute approximate surface area is 169 Å². The summed E-state index contributed by atoms with van der Waals surface area (Å²) < 4.78 is 16.8. The van der Waals surface area contributed by atoms with E-state index in [1.54, 1.807) is 23.1 Å². The van der Waals surface area contributed by atoms with Gasteiger partial charge in [-0.3, -0.25) is 4.79 Å². The van der Waals surface area contributed by atoms with Crippen LogP contribution in [0.1, 0.15) is 29.4 Å². The standard InChI is InChI=1S/C21H24N4O4/c26-20(13-29-16-1-2-18-19(9-16)28-8-7-27-18)25-6-4-17-15(12-25)11-23-21(24-17)14-3-5-22-10-14/h1-2,9,11,14,22H,3-8,10,12-13H2. The fraction of sp³-hybridized carbons (Fsp3) is 0.476. The van der Waals surface area contributed by atoms with E-state index in [1.807, 2.05) is 6.20 Å². The molecule has 1 atom stereocenters. The Morgan fingerprint density at radius 1 is 1.28 bits per heavy atom. The molecule has 1 fully saturated rings. The molecule has 3 aliphatic heterocycles. The minimum absolute atomic E-state index is 0.0122. The van der Waals surface area contributed by atoms with Crippen molar-refractivity contribution in [3.05, 3.63) is 41.5 Å². The van der Waals surface area contributed by atoms with Crippen molar-refractivity contribution >= 4 is 5.91 Å². The van der Waals surface area contributed by atoms with Gasteiger partial charge in [-0.05, 0) is 25.1 Å². The van der Waals surface area contributed by atoms with Gasteiger partial charge < -0.3 is 24.4 Å². The molecule has 1 aromatic heterocycles. The van der Waals surface area contributed by atoms with Gasteiger partial charge in [-0.25, -0.2) is 9.97 Å². The molecule has 3 aliphatic rings. The lowest BCUT2D eigenvalue weighted by Gasteiger charge is -2.28. The lowest BCUT2D eigenvalue weighted by atomic mass is 10.0. The van der Waals surface area contributed by atoms with Crippen LogP contribution in [0.15, 0.2) is 24.4 Å². The summed E-state index contributed by atoms with van der Waals surface area (Å²) in [5.41, 5.74) is 2.09. The van der Waals surface area contributed by atoms with Crippen molar-refractivity contribution < 1.29 is 19.0 Å². The van der Waals surface area contributed by atoms with Crippen molar-refractivity contribution in [3.63, 3.8) is 0 Å². The average molecular weight is 396 g/mol. The first-order valence-corrected chi connectivity index (χ1v) is 10.1. The van der Waals surface area contributed by atoms with Gasteiger partial charge in [-0.15, -0.1) is 0 Å². The van der Waals surface area contributed by atoms with Gasteiger partial charge in [0.2, 0.25) is 0 Å². The van der Waals surface area contributed by atoms with Crippen LogP contribution in [-0.4, -0.2) is 60.2 Å². The van der Waals surface area contributed by atoms with Gasteiger partial charge in [0.05, 0.1) is 5.69 Å². The molecule has 152 valence electrons. The number of nitrogens with one attached hydrogen (secondary N) is 1. The molecule has 0 saturated carbocycles. The van der Waals surface area contributed by atoms with E-state index >= 15 is 0 Å². The Bertz CT molecular complexity index is 914. The number of carbonyl (C=O) groups excluding carboxylic acids is 1. The molecule has 2 aromatic rings. The molecule has 1 N–H and O–H groups in total. The third-order valence-corrected chi connectivity index (χ3v) is 5.61. The molecule has 0 spiro atoms. The maximum atomic E-state index is 12.6. The molecule has 1 aromatic carbocycles. The monoisotopic (exact) mass is 396 g/mol. The minimum atomic E-state index is -0.0467. The van der Waals surface area contributed by atoms with Gasteiger partial charge in [0, 0.05) is 49.8 Å². The summed E-state index contributed by atoms with van der Waals surface area (Å²) in [5.74, 6) is 3.23. The van der Waals surface area contributed by atoms with Crippen molar-refractivity contribution in [2.45, 2.75) is 25.3 Å². The maximum Gasteiger partial charge on any atom is 0.260 e. The number of aromatic nitrogens is 2. The molecule has 29 heavy (non-hydrogen) atoms. The topological polar surface area (TPSA) is 85.8 Å². The van der Waals surface area contributed by atoms with Crippen LogP contribution in [0, 0.1) is 0 Å². The van der Waals surface area contributed by atoms with E-state index in [9.17, 15) is 4.79 Å². The molecule has 0 bridgehead atoms. The van der Waals surface area contributed by atoms with Crippen molar-refractivity contribution in [1.29, 1.82) is 0 Å². The highest BCUT2D eigenvalue weighted by atomic mass is 16.6. The molecule has 1 amide bonds. The van der Waals surface area contributed by atoms with Crippen LogP contribution >= 0.6 is 0 Å². The number of benzene rings is 1. The van der Waals surface area contributed by atoms with Crippen LogP contribution in [0.25, 0.3) is 0 Å². The van der Waals surface area contributed by atoms with E-state index in [0.29, 0.717) is 49.5 Å². The smallest absolute Gasteiger partial charge is 0.260 e. The van der Waals surface area contributed by atoms with Crippen LogP contribution in [0.4, 0.5) is 0 Å². The molecular weight excluding hydrogens is 372 g/mol. The van der Waals surface area contributed by atoms with E-state index in [2.05, 4.69) is 10.3 Å². The van der Waals surface area contributed by atoms with Gasteiger partial charge in [-0.2, -0.15) is 0 Å². The predicted octanol–water partition coefficient (Wildman–Crippen LogP) is 1.29. The summed E-state index contributed by atoms with van der Waals surface area (Å²) in [5, 5.41) is 3.36. The summed E-state index contributed by atoms with van der Waals surface area (Å²) >= 11 is 0. The fourth-order valence-corrected chi connectivity index (χ4v) is 3.97. The first-order valence-electron chi connectivity index (χ1n) is 10.1. The number of carbonyl (C=O) groups is 1. The summed E-state index contributed by atoms with van der Waals surface area (Å²) in [6.07, 6.45) is 3.72. The number of fused-ring (bicyclic) bond motifs is 2. The summed E-state index contributed by atoms with van der Waals surface area (Å²) in [7, 11) is 0. The van der Waals surface area contributed by atoms with Crippen molar-refractivity contribution in [3.8, 4) is 17.2 Å². The molecule has 0 aliphatic carbocycles. The molecule has 5 rings (SSSR count). The Morgan fingerprint density at radius 2 is 2.17 bits per heavy atom. The first kappa shape index (κ1) is 18.2. The summed E-state index contributed by atoms with van der Waals surface area (Å²) in [4.78, 5) is 23.8. The van der Waals surface area contributed by atoms with Crippen LogP contribution in [0.3, 0.4) is 0 Å². The molecule has 4 heterocycles. The molecule has 8 nitrogen and oxygen atoms in total. The Hall–Kier alpha value is -2.87. The lowest BCUT2D eigenvalue weighted by molar-refractivity contribution is -0.134. The maximum absolute atomic E-state index is 12.6. The lowest BCUT2D eigenvalue weighted by Crippen LogP contribution is -2.39. The van der Waals surface area contributed by atoms with E-state index in [-0.39, 0.29) is 12.5 Å². The van der Waals surface area contributed by atoms with Crippen LogP contribution in [0.5, 0.6) is 17.2 Å². The quantitative estimate of drug-likeness (QED) is 0.833. The zero-order chi connectivity index (χ0) is 19.6. The number of rotatable bonds is 4. The Kier molecular flexibility index (Phi) is 4.93. The SMILES string of the molecule is O=C(COc1ccc2c(c1)OCCO2)N1CCc2nc(C3CCNC3)ncc2C1. The van der Waals surface area contributed by atoms with Gasteiger partial charge in [-0.1, -0.05) is 0 Å². The number of ether oxygens (including phenoxy) is 3. The van der Waals surface area contributed by atoms with E-state index in [1.165, 1.54) is 0 Å². The Balaban J connectivity index is 1.19. The van der Waals surface area contributed by atoms with E-state index < -0.39 is 0 Å². The predicted molar refractivity (Wildman–Crippen MR) is 104 cm³/mol. The van der Waals surface area contributed by atoms with E-state index in [0.717, 1.165) is 43.0 Å². The minimum Gasteiger partial charge on any atom is -0.486 e. The molecule has 0 radical (unpaired) electrons. The van der Waals surface area contributed by atoms with Gasteiger partial charge in [0.25, 0.3) is 5.91 Å². The molecule has 8 heteroatoms. The van der Waals surface area contributed by atoms with Crippen LogP contribution in [-0.2, 0) is 17.8 Å². The third kappa shape index (κ3) is 3.85.